The molecule has 38 valence electrons. The first kappa shape index (κ1) is 4.46. The Morgan fingerprint density at radius 3 is 2.71 bits per heavy atom. The average molecular weight is 120 g/mol. The number of aromatic nitrogens is 1. The normalized spacial score (nSPS) is 9.29. The van der Waals surface area contributed by atoms with Crippen molar-refractivity contribution in [2.24, 2.45) is 0 Å². The molecule has 0 spiro atoms. The monoisotopic (exact) mass is 119 g/mol. The first-order valence-corrected chi connectivity index (χ1v) is 2.01. The van der Waals surface area contributed by atoms with E-state index in [1.165, 1.54) is 6.20 Å². The Morgan fingerprint density at radius 1 is 1.86 bits per heavy atom. The second-order valence-corrected chi connectivity index (χ2v) is 1.35. The van der Waals surface area contributed by atoms with Gasteiger partial charge in [0.1, 0.15) is 0 Å². The lowest BCUT2D eigenvalue weighted by atomic mass is 11.0. The SMILES string of the molecule is O=c1[nH]cc(Cl)o1. The molecule has 0 unspecified atom stereocenters. The molecule has 0 bridgehead atoms. The summed E-state index contributed by atoms with van der Waals surface area (Å²) >= 11 is 5.16. The molecule has 3 nitrogen and oxygen atoms in total. The van der Waals surface area contributed by atoms with Gasteiger partial charge < -0.3 is 4.42 Å². The molecule has 0 amide bonds. The lowest BCUT2D eigenvalue weighted by molar-refractivity contribution is 0.517. The number of oxazole rings is 1. The van der Waals surface area contributed by atoms with Crippen molar-refractivity contribution in [2.45, 2.75) is 0 Å². The largest absolute Gasteiger partial charge is 0.417 e. The molecule has 0 saturated heterocycles. The Bertz CT molecular complexity index is 201. The van der Waals surface area contributed by atoms with E-state index < -0.39 is 5.76 Å². The van der Waals surface area contributed by atoms with Crippen LogP contribution >= 0.6 is 11.6 Å². The molecule has 0 atom stereocenters. The van der Waals surface area contributed by atoms with E-state index in [1.807, 2.05) is 0 Å². The summed E-state index contributed by atoms with van der Waals surface area (Å²) in [5, 5.41) is 0.0880. The number of hydrogen-bond donors (Lipinski definition) is 1. The molecule has 4 heteroatoms. The van der Waals surface area contributed by atoms with Crippen LogP contribution in [-0.2, 0) is 0 Å². The standard InChI is InChI=1S/C3H2ClNO2/c4-2-1-5-3(6)7-2/h1H,(H,5,6). The topological polar surface area (TPSA) is 46.0 Å². The fourth-order valence-corrected chi connectivity index (χ4v) is 0.388. The van der Waals surface area contributed by atoms with Gasteiger partial charge in [0.2, 0.25) is 5.22 Å². The second-order valence-electron chi connectivity index (χ2n) is 0.982. The molecule has 7 heavy (non-hydrogen) atoms. The van der Waals surface area contributed by atoms with E-state index in [2.05, 4.69) is 9.40 Å². The smallest absolute Gasteiger partial charge is 0.396 e. The number of rotatable bonds is 0. The van der Waals surface area contributed by atoms with Gasteiger partial charge in [-0.2, -0.15) is 0 Å². The van der Waals surface area contributed by atoms with Crippen LogP contribution in [0.3, 0.4) is 0 Å². The summed E-state index contributed by atoms with van der Waals surface area (Å²) in [4.78, 5) is 12.2. The number of H-pyrrole nitrogens is 1. The lowest BCUT2D eigenvalue weighted by Gasteiger charge is -1.62. The summed E-state index contributed by atoms with van der Waals surface area (Å²) in [6.45, 7) is 0. The second kappa shape index (κ2) is 1.42. The lowest BCUT2D eigenvalue weighted by Crippen LogP contribution is -1.92. The maximum Gasteiger partial charge on any atom is 0.417 e. The van der Waals surface area contributed by atoms with Crippen molar-refractivity contribution >= 4 is 11.6 Å². The summed E-state index contributed by atoms with van der Waals surface area (Å²) in [6, 6.07) is 0. The average Bonchev–Trinajstić information content (AvgIpc) is 1.87. The maximum atomic E-state index is 9.98. The highest BCUT2D eigenvalue weighted by atomic mass is 35.5. The van der Waals surface area contributed by atoms with Crippen LogP contribution in [0.25, 0.3) is 0 Å². The molecule has 0 fully saturated rings. The van der Waals surface area contributed by atoms with Crippen LogP contribution in [0.5, 0.6) is 0 Å². The van der Waals surface area contributed by atoms with Gasteiger partial charge in [-0.1, -0.05) is 0 Å². The van der Waals surface area contributed by atoms with Gasteiger partial charge in [-0.15, -0.1) is 0 Å². The van der Waals surface area contributed by atoms with E-state index in [0.29, 0.717) is 0 Å². The van der Waals surface area contributed by atoms with Crippen molar-refractivity contribution in [1.82, 2.24) is 4.98 Å². The van der Waals surface area contributed by atoms with E-state index in [-0.39, 0.29) is 5.22 Å². The van der Waals surface area contributed by atoms with E-state index in [4.69, 9.17) is 11.6 Å². The zero-order valence-corrected chi connectivity index (χ0v) is 4.03. The Morgan fingerprint density at radius 2 is 2.57 bits per heavy atom. The molecule has 1 rings (SSSR count). The van der Waals surface area contributed by atoms with Gasteiger partial charge in [-0.25, -0.2) is 4.79 Å². The minimum atomic E-state index is -0.523. The fourth-order valence-electron chi connectivity index (χ4n) is 0.263. The van der Waals surface area contributed by atoms with Crippen LogP contribution in [0.1, 0.15) is 0 Å². The third-order valence-electron chi connectivity index (χ3n) is 0.494. The van der Waals surface area contributed by atoms with Gasteiger partial charge in [0.25, 0.3) is 0 Å². The summed E-state index contributed by atoms with van der Waals surface area (Å²) in [5.41, 5.74) is 0. The van der Waals surface area contributed by atoms with Crippen LogP contribution in [0.15, 0.2) is 15.4 Å². The third kappa shape index (κ3) is 0.838. The van der Waals surface area contributed by atoms with Gasteiger partial charge in [-0.3, -0.25) is 4.98 Å². The van der Waals surface area contributed by atoms with E-state index >= 15 is 0 Å². The molecule has 1 aromatic heterocycles. The van der Waals surface area contributed by atoms with Crippen molar-refractivity contribution < 1.29 is 4.42 Å². The van der Waals surface area contributed by atoms with Gasteiger partial charge >= 0.3 is 5.76 Å². The molecule has 0 aromatic carbocycles. The van der Waals surface area contributed by atoms with Crippen LogP contribution in [-0.4, -0.2) is 4.98 Å². The van der Waals surface area contributed by atoms with Gasteiger partial charge in [0.05, 0.1) is 6.20 Å². The highest BCUT2D eigenvalue weighted by Gasteiger charge is 1.87. The molecule has 1 aromatic rings. The molecule has 1 heterocycles. The Labute approximate surface area is 43.9 Å². The minimum Gasteiger partial charge on any atom is -0.396 e. The van der Waals surface area contributed by atoms with Gasteiger partial charge in [0, 0.05) is 0 Å². The molecule has 0 aliphatic heterocycles. The summed E-state index contributed by atoms with van der Waals surface area (Å²) in [5.74, 6) is -0.523. The number of nitrogens with one attached hydrogen (secondary N) is 1. The van der Waals surface area contributed by atoms with E-state index in [0.717, 1.165) is 0 Å². The molecule has 0 radical (unpaired) electrons. The minimum absolute atomic E-state index is 0.0880. The number of hydrogen-bond acceptors (Lipinski definition) is 2. The maximum absolute atomic E-state index is 9.98. The first-order chi connectivity index (χ1) is 3.29. The van der Waals surface area contributed by atoms with Crippen LogP contribution in [0.2, 0.25) is 5.22 Å². The van der Waals surface area contributed by atoms with E-state index in [9.17, 15) is 4.79 Å². The molecule has 0 saturated carbocycles. The summed E-state index contributed by atoms with van der Waals surface area (Å²) in [7, 11) is 0. The molecular formula is C3H2ClNO2. The van der Waals surface area contributed by atoms with Crippen LogP contribution in [0.4, 0.5) is 0 Å². The third-order valence-corrected chi connectivity index (χ3v) is 0.680. The Hall–Kier alpha value is -0.700. The van der Waals surface area contributed by atoms with Crippen molar-refractivity contribution in [3.8, 4) is 0 Å². The summed E-state index contributed by atoms with van der Waals surface area (Å²) in [6.07, 6.45) is 1.28. The van der Waals surface area contributed by atoms with Crippen molar-refractivity contribution in [2.75, 3.05) is 0 Å². The number of halogens is 1. The van der Waals surface area contributed by atoms with Crippen molar-refractivity contribution in [3.63, 3.8) is 0 Å². The molecule has 0 aliphatic carbocycles. The zero-order valence-electron chi connectivity index (χ0n) is 3.27. The quantitative estimate of drug-likeness (QED) is 0.544. The summed E-state index contributed by atoms with van der Waals surface area (Å²) < 4.78 is 4.24. The highest BCUT2D eigenvalue weighted by Crippen LogP contribution is 1.98. The predicted molar refractivity (Wildman–Crippen MR) is 24.3 cm³/mol. The Kier molecular flexibility index (Phi) is 0.906. The van der Waals surface area contributed by atoms with Gasteiger partial charge in [-0.05, 0) is 11.6 Å². The van der Waals surface area contributed by atoms with Gasteiger partial charge in [0.15, 0.2) is 0 Å². The van der Waals surface area contributed by atoms with Crippen LogP contribution < -0.4 is 5.76 Å². The molecular weight excluding hydrogens is 117 g/mol. The van der Waals surface area contributed by atoms with Crippen LogP contribution in [0, 0.1) is 0 Å². The van der Waals surface area contributed by atoms with E-state index in [1.54, 1.807) is 0 Å². The molecule has 1 N–H and O–H groups in total. The predicted octanol–water partition coefficient (Wildman–Crippen LogP) is 0.621. The molecule has 0 aliphatic rings. The number of aromatic amines is 1. The highest BCUT2D eigenvalue weighted by molar-refractivity contribution is 6.28. The fraction of sp³-hybridized carbons (Fsp3) is 0. The first-order valence-electron chi connectivity index (χ1n) is 1.63. The Balaban J connectivity index is 3.30. The van der Waals surface area contributed by atoms with Crippen molar-refractivity contribution in [3.05, 3.63) is 22.0 Å². The van der Waals surface area contributed by atoms with Crippen molar-refractivity contribution in [1.29, 1.82) is 0 Å². The zero-order chi connectivity index (χ0) is 5.28.